The fourth-order valence-corrected chi connectivity index (χ4v) is 6.77. The number of carbonyl (C=O) groups is 1. The van der Waals surface area contributed by atoms with Gasteiger partial charge in [0.2, 0.25) is 0 Å². The number of sulfonamides is 1. The number of unbranched alkanes of at least 4 members (excludes halogenated alkanes) is 1. The van der Waals surface area contributed by atoms with Gasteiger partial charge in [0.25, 0.3) is 15.9 Å². The number of hydrogen-bond acceptors (Lipinski definition) is 4. The number of piperidine rings is 1. The van der Waals surface area contributed by atoms with Gasteiger partial charge in [-0.15, -0.1) is 0 Å². The van der Waals surface area contributed by atoms with E-state index in [0.717, 1.165) is 42.5 Å². The highest BCUT2D eigenvalue weighted by Gasteiger charge is 2.31. The highest BCUT2D eigenvalue weighted by molar-refractivity contribution is 7.92. The Balaban J connectivity index is 1.31. The highest BCUT2D eigenvalue weighted by atomic mass is 32.2. The van der Waals surface area contributed by atoms with Crippen LogP contribution in [0, 0.1) is 11.8 Å². The third kappa shape index (κ3) is 5.58. The first-order valence-electron chi connectivity index (χ1n) is 12.1. The molecule has 0 spiro atoms. The lowest BCUT2D eigenvalue weighted by Gasteiger charge is -2.34. The predicted octanol–water partition coefficient (Wildman–Crippen LogP) is 3.93. The molecule has 0 bridgehead atoms. The first kappa shape index (κ1) is 23.8. The van der Waals surface area contributed by atoms with Gasteiger partial charge in [-0.3, -0.25) is 9.10 Å². The molecule has 4 rings (SSSR count). The lowest BCUT2D eigenvalue weighted by Crippen LogP contribution is -2.39. The largest absolute Gasteiger partial charge is 0.352 e. The Kier molecular flexibility index (Phi) is 7.39. The van der Waals surface area contributed by atoms with Gasteiger partial charge in [-0.2, -0.15) is 0 Å². The van der Waals surface area contributed by atoms with Crippen LogP contribution >= 0.6 is 0 Å². The summed E-state index contributed by atoms with van der Waals surface area (Å²) in [5, 5.41) is 2.95. The molecule has 2 aliphatic rings. The van der Waals surface area contributed by atoms with Crippen molar-refractivity contribution in [2.75, 3.05) is 37.0 Å². The molecule has 6 nitrogen and oxygen atoms in total. The first-order chi connectivity index (χ1) is 15.8. The molecule has 0 aliphatic carbocycles. The van der Waals surface area contributed by atoms with Gasteiger partial charge >= 0.3 is 0 Å². The maximum absolute atomic E-state index is 13.3. The summed E-state index contributed by atoms with van der Waals surface area (Å²) in [4.78, 5) is 15.4. The summed E-state index contributed by atoms with van der Waals surface area (Å²) < 4.78 is 28.0. The van der Waals surface area contributed by atoms with Crippen molar-refractivity contribution >= 4 is 21.6 Å². The number of carbonyl (C=O) groups excluding carboxylic acids is 1. The SMILES string of the molecule is CC1CC(C)CN(CCCCNC(=O)c2cccc(S(=O)(=O)N3CCc4ccccc43)c2)C1. The molecule has 7 heteroatoms. The number of nitrogens with one attached hydrogen (secondary N) is 1. The molecule has 2 aromatic rings. The molecule has 178 valence electrons. The van der Waals surface area contributed by atoms with Crippen molar-refractivity contribution in [3.8, 4) is 0 Å². The van der Waals surface area contributed by atoms with Crippen molar-refractivity contribution in [2.45, 2.75) is 44.4 Å². The Morgan fingerprint density at radius 3 is 2.58 bits per heavy atom. The highest BCUT2D eigenvalue weighted by Crippen LogP contribution is 2.32. The van der Waals surface area contributed by atoms with Crippen LogP contribution in [0.4, 0.5) is 5.69 Å². The van der Waals surface area contributed by atoms with Crippen molar-refractivity contribution in [3.05, 3.63) is 59.7 Å². The van der Waals surface area contributed by atoms with E-state index in [9.17, 15) is 13.2 Å². The molecule has 2 atom stereocenters. The van der Waals surface area contributed by atoms with E-state index in [4.69, 9.17) is 0 Å². The molecule has 2 heterocycles. The molecular weight excluding hydrogens is 434 g/mol. The normalized spacial score (nSPS) is 21.1. The zero-order chi connectivity index (χ0) is 23.4. The van der Waals surface area contributed by atoms with Gasteiger partial charge in [0, 0.05) is 31.7 Å². The van der Waals surface area contributed by atoms with E-state index in [1.165, 1.54) is 29.9 Å². The Labute approximate surface area is 198 Å². The summed E-state index contributed by atoms with van der Waals surface area (Å²) in [7, 11) is -3.71. The van der Waals surface area contributed by atoms with E-state index in [-0.39, 0.29) is 10.8 Å². The number of anilines is 1. The monoisotopic (exact) mass is 469 g/mol. The van der Waals surface area contributed by atoms with Crippen LogP contribution in [0.3, 0.4) is 0 Å². The second-order valence-corrected chi connectivity index (χ2v) is 11.5. The number of benzene rings is 2. The van der Waals surface area contributed by atoms with Gasteiger partial charge in [-0.25, -0.2) is 8.42 Å². The zero-order valence-corrected chi connectivity index (χ0v) is 20.5. The van der Waals surface area contributed by atoms with Crippen LogP contribution in [0.15, 0.2) is 53.4 Å². The van der Waals surface area contributed by atoms with Crippen LogP contribution < -0.4 is 9.62 Å². The fourth-order valence-electron chi connectivity index (χ4n) is 5.22. The van der Waals surface area contributed by atoms with Gasteiger partial charge in [-0.1, -0.05) is 38.1 Å². The second-order valence-electron chi connectivity index (χ2n) is 9.65. The van der Waals surface area contributed by atoms with Crippen LogP contribution in [-0.4, -0.2) is 51.9 Å². The van der Waals surface area contributed by atoms with E-state index in [0.29, 0.717) is 25.1 Å². The first-order valence-corrected chi connectivity index (χ1v) is 13.5. The second kappa shape index (κ2) is 10.3. The minimum atomic E-state index is -3.71. The molecule has 1 saturated heterocycles. The fraction of sp³-hybridized carbons (Fsp3) is 0.500. The zero-order valence-electron chi connectivity index (χ0n) is 19.7. The third-order valence-corrected chi connectivity index (χ3v) is 8.47. The lowest BCUT2D eigenvalue weighted by atomic mass is 9.92. The van der Waals surface area contributed by atoms with Crippen molar-refractivity contribution in [3.63, 3.8) is 0 Å². The molecule has 0 saturated carbocycles. The van der Waals surface area contributed by atoms with Crippen LogP contribution in [0.25, 0.3) is 0 Å². The predicted molar refractivity (Wildman–Crippen MR) is 132 cm³/mol. The van der Waals surface area contributed by atoms with E-state index in [2.05, 4.69) is 24.1 Å². The number of rotatable bonds is 8. The minimum Gasteiger partial charge on any atom is -0.352 e. The number of likely N-dealkylation sites (tertiary alicyclic amines) is 1. The van der Waals surface area contributed by atoms with Gasteiger partial charge in [0.05, 0.1) is 10.6 Å². The Hall–Kier alpha value is -2.38. The molecule has 0 radical (unpaired) electrons. The summed E-state index contributed by atoms with van der Waals surface area (Å²) in [6, 6.07) is 13.9. The molecule has 1 amide bonds. The van der Waals surface area contributed by atoms with Crippen LogP contribution in [0.1, 0.15) is 49.0 Å². The maximum atomic E-state index is 13.3. The standard InChI is InChI=1S/C26H35N3O3S/c1-20-16-21(2)19-28(18-20)14-6-5-13-27-26(30)23-9-7-10-24(17-23)33(31,32)29-15-12-22-8-3-4-11-25(22)29/h3-4,7-11,17,20-21H,5-6,12-16,18-19H2,1-2H3,(H,27,30). The van der Waals surface area contributed by atoms with E-state index in [1.807, 2.05) is 24.3 Å². The molecule has 1 N–H and O–H groups in total. The van der Waals surface area contributed by atoms with Crippen molar-refractivity contribution < 1.29 is 13.2 Å². The third-order valence-electron chi connectivity index (χ3n) is 6.66. The summed E-state index contributed by atoms with van der Waals surface area (Å²) >= 11 is 0. The van der Waals surface area contributed by atoms with Crippen molar-refractivity contribution in [2.24, 2.45) is 11.8 Å². The summed E-state index contributed by atoms with van der Waals surface area (Å²) in [6.07, 6.45) is 3.96. The molecule has 1 fully saturated rings. The van der Waals surface area contributed by atoms with Crippen molar-refractivity contribution in [1.29, 1.82) is 0 Å². The van der Waals surface area contributed by atoms with E-state index in [1.54, 1.807) is 18.2 Å². The van der Waals surface area contributed by atoms with Gasteiger partial charge in [-0.05, 0) is 73.9 Å². The number of hydrogen-bond donors (Lipinski definition) is 1. The molecule has 2 unspecified atom stereocenters. The van der Waals surface area contributed by atoms with Crippen LogP contribution in [0.2, 0.25) is 0 Å². The van der Waals surface area contributed by atoms with Crippen LogP contribution in [0.5, 0.6) is 0 Å². The number of fused-ring (bicyclic) bond motifs is 1. The number of amides is 1. The summed E-state index contributed by atoms with van der Waals surface area (Å²) in [5.74, 6) is 1.28. The quantitative estimate of drug-likeness (QED) is 0.595. The molecular formula is C26H35N3O3S. The topological polar surface area (TPSA) is 69.7 Å². The smallest absolute Gasteiger partial charge is 0.264 e. The summed E-state index contributed by atoms with van der Waals surface area (Å²) in [6.45, 7) is 9.05. The van der Waals surface area contributed by atoms with E-state index >= 15 is 0 Å². The Morgan fingerprint density at radius 1 is 1.03 bits per heavy atom. The average Bonchev–Trinajstić information content (AvgIpc) is 3.23. The minimum absolute atomic E-state index is 0.153. The Morgan fingerprint density at radius 2 is 1.79 bits per heavy atom. The summed E-state index contributed by atoms with van der Waals surface area (Å²) in [5.41, 5.74) is 2.13. The molecule has 2 aromatic carbocycles. The van der Waals surface area contributed by atoms with E-state index < -0.39 is 10.0 Å². The molecule has 2 aliphatic heterocycles. The number of para-hydroxylation sites is 1. The van der Waals surface area contributed by atoms with Gasteiger partial charge < -0.3 is 10.2 Å². The van der Waals surface area contributed by atoms with Gasteiger partial charge in [0.15, 0.2) is 0 Å². The lowest BCUT2D eigenvalue weighted by molar-refractivity contribution is 0.0951. The van der Waals surface area contributed by atoms with Gasteiger partial charge in [0.1, 0.15) is 0 Å². The Bertz CT molecular complexity index is 1080. The number of nitrogens with zero attached hydrogens (tertiary/aromatic N) is 2. The average molecular weight is 470 g/mol. The van der Waals surface area contributed by atoms with Crippen molar-refractivity contribution in [1.82, 2.24) is 10.2 Å². The maximum Gasteiger partial charge on any atom is 0.264 e. The van der Waals surface area contributed by atoms with Crippen LogP contribution in [-0.2, 0) is 16.4 Å². The molecule has 33 heavy (non-hydrogen) atoms. The molecule has 0 aromatic heterocycles.